The van der Waals surface area contributed by atoms with Gasteiger partial charge in [0.05, 0.1) is 19.0 Å². The fourth-order valence-electron chi connectivity index (χ4n) is 1.01. The molecule has 1 aromatic heterocycles. The zero-order valence-electron chi connectivity index (χ0n) is 10.7. The summed E-state index contributed by atoms with van der Waals surface area (Å²) in [7, 11) is 1.55. The van der Waals surface area contributed by atoms with Gasteiger partial charge in [0.2, 0.25) is 5.91 Å². The molecule has 1 N–H and O–H groups in total. The van der Waals surface area contributed by atoms with Crippen LogP contribution in [0.15, 0.2) is 9.64 Å². The Morgan fingerprint density at radius 1 is 1.42 bits per heavy atom. The Morgan fingerprint density at radius 3 is 2.89 bits per heavy atom. The summed E-state index contributed by atoms with van der Waals surface area (Å²) < 4.78 is 14.5. The first-order valence-electron chi connectivity index (χ1n) is 5.56. The predicted molar refractivity (Wildman–Crippen MR) is 65.9 cm³/mol. The summed E-state index contributed by atoms with van der Waals surface area (Å²) in [5.41, 5.74) is 0. The van der Waals surface area contributed by atoms with Gasteiger partial charge in [-0.2, -0.15) is 0 Å². The summed E-state index contributed by atoms with van der Waals surface area (Å²) in [5, 5.41) is 9.93. The zero-order chi connectivity index (χ0) is 14.1. The lowest BCUT2D eigenvalue weighted by Gasteiger charge is -2.01. The normalized spacial score (nSPS) is 10.2. The van der Waals surface area contributed by atoms with Gasteiger partial charge in [0, 0.05) is 13.7 Å². The lowest BCUT2D eigenvalue weighted by atomic mass is 10.6. The van der Waals surface area contributed by atoms with Gasteiger partial charge in [-0.25, -0.2) is 4.79 Å². The van der Waals surface area contributed by atoms with Crippen molar-refractivity contribution in [2.75, 3.05) is 32.6 Å². The Morgan fingerprint density at radius 2 is 2.21 bits per heavy atom. The van der Waals surface area contributed by atoms with Crippen LogP contribution in [-0.2, 0) is 14.3 Å². The van der Waals surface area contributed by atoms with Crippen molar-refractivity contribution < 1.29 is 23.5 Å². The molecule has 106 valence electrons. The highest BCUT2D eigenvalue weighted by molar-refractivity contribution is 7.99. The third kappa shape index (κ3) is 5.71. The molecule has 1 rings (SSSR count). The van der Waals surface area contributed by atoms with Crippen LogP contribution in [0.25, 0.3) is 0 Å². The summed E-state index contributed by atoms with van der Waals surface area (Å²) in [6, 6.07) is 0. The van der Waals surface area contributed by atoms with Crippen molar-refractivity contribution in [1.82, 2.24) is 15.5 Å². The number of carbonyl (C=O) groups excluding carboxylic acids is 2. The molecule has 0 bridgehead atoms. The Kier molecular flexibility index (Phi) is 6.90. The quantitative estimate of drug-likeness (QED) is 0.408. The molecule has 0 saturated heterocycles. The lowest BCUT2D eigenvalue weighted by molar-refractivity contribution is -0.118. The summed E-state index contributed by atoms with van der Waals surface area (Å²) in [6.45, 7) is 2.79. The van der Waals surface area contributed by atoms with Crippen LogP contribution in [0.3, 0.4) is 0 Å². The van der Waals surface area contributed by atoms with Crippen LogP contribution < -0.4 is 5.32 Å². The van der Waals surface area contributed by atoms with Gasteiger partial charge >= 0.3 is 11.9 Å². The van der Waals surface area contributed by atoms with Crippen molar-refractivity contribution in [3.8, 4) is 0 Å². The van der Waals surface area contributed by atoms with Crippen LogP contribution in [0.5, 0.6) is 0 Å². The molecule has 0 spiro atoms. The van der Waals surface area contributed by atoms with Crippen molar-refractivity contribution in [1.29, 1.82) is 0 Å². The molecule has 0 aliphatic heterocycles. The van der Waals surface area contributed by atoms with Gasteiger partial charge in [-0.3, -0.25) is 4.79 Å². The number of rotatable bonds is 8. The number of thioether (sulfide) groups is 1. The van der Waals surface area contributed by atoms with Crippen LogP contribution in [0, 0.1) is 0 Å². The monoisotopic (exact) mass is 289 g/mol. The van der Waals surface area contributed by atoms with E-state index in [-0.39, 0.29) is 29.4 Å². The summed E-state index contributed by atoms with van der Waals surface area (Å²) in [5.74, 6) is -0.956. The van der Waals surface area contributed by atoms with E-state index in [1.54, 1.807) is 14.0 Å². The second-order valence-electron chi connectivity index (χ2n) is 3.23. The van der Waals surface area contributed by atoms with Crippen LogP contribution >= 0.6 is 11.8 Å². The van der Waals surface area contributed by atoms with E-state index in [0.717, 1.165) is 11.8 Å². The van der Waals surface area contributed by atoms with Crippen LogP contribution in [0.2, 0.25) is 0 Å². The molecule has 0 saturated carbocycles. The molecule has 0 aliphatic rings. The van der Waals surface area contributed by atoms with E-state index >= 15 is 0 Å². The molecular weight excluding hydrogens is 274 g/mol. The maximum atomic E-state index is 11.4. The first-order chi connectivity index (χ1) is 9.17. The van der Waals surface area contributed by atoms with Gasteiger partial charge in [0.25, 0.3) is 5.22 Å². The third-order valence-electron chi connectivity index (χ3n) is 1.81. The van der Waals surface area contributed by atoms with Crippen LogP contribution in [0.4, 0.5) is 0 Å². The SMILES string of the molecule is CCOC(=O)c1nnc(SCC(=O)NCCOC)o1. The minimum absolute atomic E-state index is 0.119. The van der Waals surface area contributed by atoms with Crippen LogP contribution in [0.1, 0.15) is 17.6 Å². The van der Waals surface area contributed by atoms with E-state index in [2.05, 4.69) is 15.5 Å². The number of amides is 1. The van der Waals surface area contributed by atoms with E-state index in [4.69, 9.17) is 13.9 Å². The largest absolute Gasteiger partial charge is 0.459 e. The van der Waals surface area contributed by atoms with Crippen molar-refractivity contribution in [2.45, 2.75) is 12.1 Å². The Labute approximate surface area is 114 Å². The van der Waals surface area contributed by atoms with Crippen LogP contribution in [-0.4, -0.2) is 54.7 Å². The minimum Gasteiger partial charge on any atom is -0.459 e. The molecule has 0 radical (unpaired) electrons. The maximum absolute atomic E-state index is 11.4. The minimum atomic E-state index is -0.675. The van der Waals surface area contributed by atoms with Crippen molar-refractivity contribution in [3.05, 3.63) is 5.89 Å². The fourth-order valence-corrected chi connectivity index (χ4v) is 1.61. The Hall–Kier alpha value is -1.61. The Balaban J connectivity index is 2.33. The molecular formula is C10H15N3O5S. The fraction of sp³-hybridized carbons (Fsp3) is 0.600. The standard InChI is InChI=1S/C10H15N3O5S/c1-3-17-9(15)8-12-13-10(18-8)19-6-7(14)11-4-5-16-2/h3-6H2,1-2H3,(H,11,14). The summed E-state index contributed by atoms with van der Waals surface area (Å²) in [4.78, 5) is 22.6. The van der Waals surface area contributed by atoms with Gasteiger partial charge in [0.1, 0.15) is 0 Å². The van der Waals surface area contributed by atoms with E-state index in [1.807, 2.05) is 0 Å². The molecule has 0 atom stereocenters. The lowest BCUT2D eigenvalue weighted by Crippen LogP contribution is -2.28. The first-order valence-corrected chi connectivity index (χ1v) is 6.55. The number of ether oxygens (including phenoxy) is 2. The highest BCUT2D eigenvalue weighted by Gasteiger charge is 2.16. The van der Waals surface area contributed by atoms with E-state index in [0.29, 0.717) is 13.2 Å². The average molecular weight is 289 g/mol. The number of hydrogen-bond donors (Lipinski definition) is 1. The number of esters is 1. The zero-order valence-corrected chi connectivity index (χ0v) is 11.5. The van der Waals surface area contributed by atoms with E-state index < -0.39 is 5.97 Å². The van der Waals surface area contributed by atoms with Gasteiger partial charge in [-0.15, -0.1) is 5.10 Å². The molecule has 0 aliphatic carbocycles. The van der Waals surface area contributed by atoms with Crippen molar-refractivity contribution in [3.63, 3.8) is 0 Å². The van der Waals surface area contributed by atoms with E-state index in [1.165, 1.54) is 0 Å². The smallest absolute Gasteiger partial charge is 0.396 e. The van der Waals surface area contributed by atoms with E-state index in [9.17, 15) is 9.59 Å². The topological polar surface area (TPSA) is 104 Å². The van der Waals surface area contributed by atoms with Crippen molar-refractivity contribution >= 4 is 23.6 Å². The second kappa shape index (κ2) is 8.48. The molecule has 9 heteroatoms. The number of methoxy groups -OCH3 is 1. The summed E-state index contributed by atoms with van der Waals surface area (Å²) in [6.07, 6.45) is 0. The molecule has 0 fully saturated rings. The molecule has 0 aromatic carbocycles. The van der Waals surface area contributed by atoms with Gasteiger partial charge in [0.15, 0.2) is 0 Å². The van der Waals surface area contributed by atoms with Gasteiger partial charge in [-0.1, -0.05) is 16.9 Å². The number of carbonyl (C=O) groups is 2. The maximum Gasteiger partial charge on any atom is 0.396 e. The molecule has 1 heterocycles. The molecule has 0 unspecified atom stereocenters. The number of nitrogens with one attached hydrogen (secondary N) is 1. The third-order valence-corrected chi connectivity index (χ3v) is 2.63. The van der Waals surface area contributed by atoms with Crippen molar-refractivity contribution in [2.24, 2.45) is 0 Å². The summed E-state index contributed by atoms with van der Waals surface area (Å²) >= 11 is 1.04. The number of nitrogens with zero attached hydrogens (tertiary/aromatic N) is 2. The molecule has 19 heavy (non-hydrogen) atoms. The number of aromatic nitrogens is 2. The Bertz CT molecular complexity index is 423. The predicted octanol–water partition coefficient (Wildman–Crippen LogP) is 0.101. The second-order valence-corrected chi connectivity index (χ2v) is 4.15. The van der Waals surface area contributed by atoms with Gasteiger partial charge < -0.3 is 19.2 Å². The molecule has 1 aromatic rings. The number of hydrogen-bond acceptors (Lipinski definition) is 8. The highest BCUT2D eigenvalue weighted by atomic mass is 32.2. The van der Waals surface area contributed by atoms with Gasteiger partial charge in [-0.05, 0) is 6.92 Å². The average Bonchev–Trinajstić information content (AvgIpc) is 2.86. The first kappa shape index (κ1) is 15.4. The molecule has 8 nitrogen and oxygen atoms in total. The highest BCUT2D eigenvalue weighted by Crippen LogP contribution is 2.15. The molecule has 1 amide bonds.